The third-order valence-electron chi connectivity index (χ3n) is 5.50. The van der Waals surface area contributed by atoms with Gasteiger partial charge in [0.2, 0.25) is 0 Å². The normalized spacial score (nSPS) is 10.8. The summed E-state index contributed by atoms with van der Waals surface area (Å²) in [4.78, 5) is 0. The minimum Gasteiger partial charge on any atom is -0.307 e. The summed E-state index contributed by atoms with van der Waals surface area (Å²) in [7, 11) is 0. The molecule has 1 heterocycles. The predicted octanol–water partition coefficient (Wildman–Crippen LogP) is 6.52. The van der Waals surface area contributed by atoms with Crippen molar-refractivity contribution in [3.05, 3.63) is 121 Å². The van der Waals surface area contributed by atoms with Crippen LogP contribution < -0.4 is 0 Å². The standard InChI is InChI=1S/C28H23N3/c1-4-10-22(11-5-1)20-21-31-27(25-14-8-3-9-15-25)29-30-28(31)26-18-16-24(17-19-26)23-12-6-2-7-13-23/h1-19H,20-21H2. The first-order chi connectivity index (χ1) is 15.4. The molecule has 3 heteroatoms. The molecule has 150 valence electrons. The fourth-order valence-electron chi connectivity index (χ4n) is 3.86. The first-order valence-electron chi connectivity index (χ1n) is 10.6. The van der Waals surface area contributed by atoms with Gasteiger partial charge in [0, 0.05) is 17.7 Å². The van der Waals surface area contributed by atoms with Crippen molar-refractivity contribution in [2.45, 2.75) is 13.0 Å². The van der Waals surface area contributed by atoms with Gasteiger partial charge in [-0.3, -0.25) is 0 Å². The summed E-state index contributed by atoms with van der Waals surface area (Å²) in [6.07, 6.45) is 0.924. The Bertz CT molecular complexity index is 1240. The highest BCUT2D eigenvalue weighted by Crippen LogP contribution is 2.27. The lowest BCUT2D eigenvalue weighted by Gasteiger charge is -2.11. The Morgan fingerprint density at radius 1 is 0.452 bits per heavy atom. The molecular weight excluding hydrogens is 378 g/mol. The second kappa shape index (κ2) is 8.80. The molecule has 0 N–H and O–H groups in total. The van der Waals surface area contributed by atoms with Gasteiger partial charge >= 0.3 is 0 Å². The maximum atomic E-state index is 4.59. The van der Waals surface area contributed by atoms with Gasteiger partial charge in [0.15, 0.2) is 11.6 Å². The lowest BCUT2D eigenvalue weighted by atomic mass is 10.0. The van der Waals surface area contributed by atoms with Crippen LogP contribution in [0.5, 0.6) is 0 Å². The Labute approximate surface area is 182 Å². The zero-order valence-electron chi connectivity index (χ0n) is 17.2. The number of benzene rings is 4. The van der Waals surface area contributed by atoms with Crippen LogP contribution in [0.15, 0.2) is 115 Å². The summed E-state index contributed by atoms with van der Waals surface area (Å²) in [5.41, 5.74) is 5.87. The summed E-state index contributed by atoms with van der Waals surface area (Å²) in [6.45, 7) is 0.816. The van der Waals surface area contributed by atoms with Crippen LogP contribution in [0.2, 0.25) is 0 Å². The smallest absolute Gasteiger partial charge is 0.164 e. The number of aryl methyl sites for hydroxylation is 1. The molecule has 0 spiro atoms. The molecule has 0 amide bonds. The fraction of sp³-hybridized carbons (Fsp3) is 0.0714. The van der Waals surface area contributed by atoms with Crippen LogP contribution >= 0.6 is 0 Å². The van der Waals surface area contributed by atoms with E-state index in [0.717, 1.165) is 35.7 Å². The minimum absolute atomic E-state index is 0.816. The van der Waals surface area contributed by atoms with Gasteiger partial charge in [-0.25, -0.2) is 0 Å². The van der Waals surface area contributed by atoms with E-state index in [4.69, 9.17) is 0 Å². The molecule has 0 aliphatic heterocycles. The van der Waals surface area contributed by atoms with Gasteiger partial charge in [0.1, 0.15) is 0 Å². The van der Waals surface area contributed by atoms with Crippen LogP contribution in [0, 0.1) is 0 Å². The highest BCUT2D eigenvalue weighted by Gasteiger charge is 2.15. The molecule has 0 saturated carbocycles. The lowest BCUT2D eigenvalue weighted by Crippen LogP contribution is -2.06. The summed E-state index contributed by atoms with van der Waals surface area (Å²) >= 11 is 0. The Morgan fingerprint density at radius 2 is 0.871 bits per heavy atom. The number of rotatable bonds is 6. The third kappa shape index (κ3) is 4.17. The third-order valence-corrected chi connectivity index (χ3v) is 5.50. The van der Waals surface area contributed by atoms with E-state index in [1.807, 2.05) is 24.3 Å². The van der Waals surface area contributed by atoms with Crippen molar-refractivity contribution in [3.8, 4) is 33.9 Å². The van der Waals surface area contributed by atoms with Crippen molar-refractivity contribution >= 4 is 0 Å². The van der Waals surface area contributed by atoms with Gasteiger partial charge in [-0.1, -0.05) is 115 Å². The molecule has 0 unspecified atom stereocenters. The molecule has 0 aliphatic rings. The quantitative estimate of drug-likeness (QED) is 0.324. The van der Waals surface area contributed by atoms with Crippen molar-refractivity contribution in [1.29, 1.82) is 0 Å². The van der Waals surface area contributed by atoms with E-state index in [-0.39, 0.29) is 0 Å². The predicted molar refractivity (Wildman–Crippen MR) is 126 cm³/mol. The van der Waals surface area contributed by atoms with Crippen LogP contribution in [0.3, 0.4) is 0 Å². The zero-order chi connectivity index (χ0) is 20.9. The molecule has 0 saturated heterocycles. The maximum Gasteiger partial charge on any atom is 0.164 e. The first-order valence-corrected chi connectivity index (χ1v) is 10.6. The van der Waals surface area contributed by atoms with Gasteiger partial charge in [-0.05, 0) is 23.1 Å². The molecule has 31 heavy (non-hydrogen) atoms. The monoisotopic (exact) mass is 401 g/mol. The molecule has 5 aromatic rings. The van der Waals surface area contributed by atoms with Gasteiger partial charge < -0.3 is 4.57 Å². The first kappa shape index (κ1) is 19.0. The Balaban J connectivity index is 1.51. The van der Waals surface area contributed by atoms with Gasteiger partial charge in [-0.2, -0.15) is 0 Å². The molecule has 4 aromatic carbocycles. The van der Waals surface area contributed by atoms with Crippen LogP contribution in [0.4, 0.5) is 0 Å². The Hall–Kier alpha value is -3.98. The summed E-state index contributed by atoms with van der Waals surface area (Å²) in [6, 6.07) is 39.9. The zero-order valence-corrected chi connectivity index (χ0v) is 17.2. The second-order valence-electron chi connectivity index (χ2n) is 7.54. The van der Waals surface area contributed by atoms with Gasteiger partial charge in [-0.15, -0.1) is 10.2 Å². The van der Waals surface area contributed by atoms with Crippen molar-refractivity contribution in [2.24, 2.45) is 0 Å². The largest absolute Gasteiger partial charge is 0.307 e. The maximum absolute atomic E-state index is 4.59. The highest BCUT2D eigenvalue weighted by atomic mass is 15.3. The minimum atomic E-state index is 0.816. The van der Waals surface area contributed by atoms with E-state index in [9.17, 15) is 0 Å². The SMILES string of the molecule is c1ccc(CCn2c(-c3ccccc3)nnc2-c2ccc(-c3ccccc3)cc2)cc1. The molecule has 0 fully saturated rings. The molecule has 0 atom stereocenters. The Morgan fingerprint density at radius 3 is 1.45 bits per heavy atom. The van der Waals surface area contributed by atoms with Crippen LogP contribution in [0.25, 0.3) is 33.9 Å². The lowest BCUT2D eigenvalue weighted by molar-refractivity contribution is 0.707. The van der Waals surface area contributed by atoms with Crippen molar-refractivity contribution in [2.75, 3.05) is 0 Å². The summed E-state index contributed by atoms with van der Waals surface area (Å²) in [5.74, 6) is 1.80. The number of hydrogen-bond donors (Lipinski definition) is 0. The molecule has 0 bridgehead atoms. The van der Waals surface area contributed by atoms with Crippen LogP contribution in [-0.4, -0.2) is 14.8 Å². The van der Waals surface area contributed by atoms with Gasteiger partial charge in [0.05, 0.1) is 0 Å². The average Bonchev–Trinajstić information content (AvgIpc) is 3.28. The summed E-state index contributed by atoms with van der Waals surface area (Å²) < 4.78 is 2.24. The van der Waals surface area contributed by atoms with Crippen molar-refractivity contribution < 1.29 is 0 Å². The molecular formula is C28H23N3. The van der Waals surface area contributed by atoms with E-state index >= 15 is 0 Å². The molecule has 1 aromatic heterocycles. The van der Waals surface area contributed by atoms with E-state index in [2.05, 4.69) is 106 Å². The summed E-state index contributed by atoms with van der Waals surface area (Å²) in [5, 5.41) is 9.16. The van der Waals surface area contributed by atoms with Crippen molar-refractivity contribution in [3.63, 3.8) is 0 Å². The molecule has 0 aliphatic carbocycles. The number of aromatic nitrogens is 3. The van der Waals surface area contributed by atoms with E-state index in [0.29, 0.717) is 0 Å². The average molecular weight is 402 g/mol. The number of hydrogen-bond acceptors (Lipinski definition) is 2. The number of nitrogens with zero attached hydrogens (tertiary/aromatic N) is 3. The van der Waals surface area contributed by atoms with Crippen molar-refractivity contribution in [1.82, 2.24) is 14.8 Å². The molecule has 5 rings (SSSR count). The van der Waals surface area contributed by atoms with E-state index < -0.39 is 0 Å². The van der Waals surface area contributed by atoms with E-state index in [1.54, 1.807) is 0 Å². The topological polar surface area (TPSA) is 30.7 Å². The van der Waals surface area contributed by atoms with Gasteiger partial charge in [0.25, 0.3) is 0 Å². The Kier molecular flexibility index (Phi) is 5.40. The van der Waals surface area contributed by atoms with Crippen LogP contribution in [-0.2, 0) is 13.0 Å². The fourth-order valence-corrected chi connectivity index (χ4v) is 3.86. The second-order valence-corrected chi connectivity index (χ2v) is 7.54. The van der Waals surface area contributed by atoms with Crippen LogP contribution in [0.1, 0.15) is 5.56 Å². The molecule has 3 nitrogen and oxygen atoms in total. The highest BCUT2D eigenvalue weighted by molar-refractivity contribution is 5.69. The van der Waals surface area contributed by atoms with E-state index in [1.165, 1.54) is 16.7 Å². The molecule has 0 radical (unpaired) electrons.